The van der Waals surface area contributed by atoms with Gasteiger partial charge >= 0.3 is 6.18 Å². The molecule has 23 heavy (non-hydrogen) atoms. The van der Waals surface area contributed by atoms with Gasteiger partial charge in [-0.2, -0.15) is 13.2 Å². The summed E-state index contributed by atoms with van der Waals surface area (Å²) < 4.78 is 46.2. The Bertz CT molecular complexity index is 573. The SMILES string of the molecule is CCOc1ccccc1CC(N1NC(=O)CC1(C)C)C(F)(F)F. The zero-order valence-electron chi connectivity index (χ0n) is 13.4. The summed E-state index contributed by atoms with van der Waals surface area (Å²) in [6.07, 6.45) is -4.73. The normalized spacial score (nSPS) is 19.5. The van der Waals surface area contributed by atoms with Crippen LogP contribution in [0.3, 0.4) is 0 Å². The van der Waals surface area contributed by atoms with E-state index in [4.69, 9.17) is 4.74 Å². The second-order valence-electron chi connectivity index (χ2n) is 6.20. The fourth-order valence-corrected chi connectivity index (χ4v) is 2.83. The highest BCUT2D eigenvalue weighted by atomic mass is 19.4. The van der Waals surface area contributed by atoms with Gasteiger partial charge in [-0.15, -0.1) is 0 Å². The molecule has 4 nitrogen and oxygen atoms in total. The molecule has 0 radical (unpaired) electrons. The van der Waals surface area contributed by atoms with Crippen molar-refractivity contribution in [2.75, 3.05) is 6.61 Å². The summed E-state index contributed by atoms with van der Waals surface area (Å²) in [6.45, 7) is 5.40. The summed E-state index contributed by atoms with van der Waals surface area (Å²) >= 11 is 0. The Hall–Kier alpha value is -1.76. The number of carbonyl (C=O) groups is 1. The molecule has 1 unspecified atom stereocenters. The fourth-order valence-electron chi connectivity index (χ4n) is 2.83. The van der Waals surface area contributed by atoms with Crippen LogP contribution in [0.1, 0.15) is 32.8 Å². The number of halogens is 3. The Kier molecular flexibility index (Phi) is 4.89. The van der Waals surface area contributed by atoms with Crippen LogP contribution in [0.4, 0.5) is 13.2 Å². The monoisotopic (exact) mass is 330 g/mol. The molecular formula is C16H21F3N2O2. The lowest BCUT2D eigenvalue weighted by Crippen LogP contribution is -2.57. The second kappa shape index (κ2) is 6.39. The molecular weight excluding hydrogens is 309 g/mol. The van der Waals surface area contributed by atoms with Gasteiger partial charge in [0, 0.05) is 18.4 Å². The molecule has 0 spiro atoms. The molecule has 0 aliphatic carbocycles. The van der Waals surface area contributed by atoms with Crippen LogP contribution in [-0.4, -0.2) is 35.3 Å². The highest BCUT2D eigenvalue weighted by molar-refractivity contribution is 5.79. The molecule has 0 bridgehead atoms. The molecule has 2 rings (SSSR count). The van der Waals surface area contributed by atoms with Crippen LogP contribution in [0.25, 0.3) is 0 Å². The number of nitrogens with one attached hydrogen (secondary N) is 1. The first-order chi connectivity index (χ1) is 10.6. The van der Waals surface area contributed by atoms with Gasteiger partial charge in [0.25, 0.3) is 0 Å². The smallest absolute Gasteiger partial charge is 0.406 e. The van der Waals surface area contributed by atoms with E-state index in [0.717, 1.165) is 5.01 Å². The van der Waals surface area contributed by atoms with Crippen LogP contribution < -0.4 is 10.2 Å². The maximum absolute atomic E-state index is 13.6. The lowest BCUT2D eigenvalue weighted by Gasteiger charge is -2.38. The van der Waals surface area contributed by atoms with E-state index >= 15 is 0 Å². The van der Waals surface area contributed by atoms with Crippen molar-refractivity contribution in [3.8, 4) is 5.75 Å². The van der Waals surface area contributed by atoms with Crippen LogP contribution in [0.5, 0.6) is 5.75 Å². The van der Waals surface area contributed by atoms with Crippen LogP contribution >= 0.6 is 0 Å². The quantitative estimate of drug-likeness (QED) is 0.902. The second-order valence-corrected chi connectivity index (χ2v) is 6.20. The van der Waals surface area contributed by atoms with Gasteiger partial charge in [-0.05, 0) is 32.4 Å². The first-order valence-corrected chi connectivity index (χ1v) is 7.51. The number of hydrazine groups is 1. The molecule has 1 heterocycles. The number of carbonyl (C=O) groups excluding carboxylic acids is 1. The third-order valence-electron chi connectivity index (χ3n) is 3.87. The average Bonchev–Trinajstić information content (AvgIpc) is 2.69. The Labute approximate surface area is 133 Å². The van der Waals surface area contributed by atoms with Gasteiger partial charge in [-0.3, -0.25) is 10.2 Å². The predicted molar refractivity (Wildman–Crippen MR) is 79.8 cm³/mol. The van der Waals surface area contributed by atoms with E-state index in [0.29, 0.717) is 17.9 Å². The molecule has 1 aliphatic heterocycles. The summed E-state index contributed by atoms with van der Waals surface area (Å²) in [5.41, 5.74) is 1.92. The third kappa shape index (κ3) is 3.96. The molecule has 7 heteroatoms. The molecule has 0 aromatic heterocycles. The molecule has 1 saturated heterocycles. The van der Waals surface area contributed by atoms with Crippen molar-refractivity contribution in [2.45, 2.75) is 51.4 Å². The number of hydrogen-bond donors (Lipinski definition) is 1. The number of ether oxygens (including phenoxy) is 1. The maximum Gasteiger partial charge on any atom is 0.406 e. The zero-order valence-corrected chi connectivity index (χ0v) is 13.4. The highest BCUT2D eigenvalue weighted by Crippen LogP contribution is 2.36. The minimum absolute atomic E-state index is 0.0344. The van der Waals surface area contributed by atoms with E-state index in [-0.39, 0.29) is 12.8 Å². The van der Waals surface area contributed by atoms with E-state index in [2.05, 4.69) is 5.43 Å². The van der Waals surface area contributed by atoms with Crippen molar-refractivity contribution in [2.24, 2.45) is 0 Å². The van der Waals surface area contributed by atoms with E-state index in [9.17, 15) is 18.0 Å². The molecule has 1 aliphatic rings. The van der Waals surface area contributed by atoms with E-state index < -0.39 is 23.7 Å². The number of alkyl halides is 3. The number of rotatable bonds is 5. The van der Waals surface area contributed by atoms with Crippen molar-refractivity contribution in [1.82, 2.24) is 10.4 Å². The van der Waals surface area contributed by atoms with Crippen molar-refractivity contribution >= 4 is 5.91 Å². The van der Waals surface area contributed by atoms with Crippen LogP contribution in [0, 0.1) is 0 Å². The lowest BCUT2D eigenvalue weighted by molar-refractivity contribution is -0.200. The van der Waals surface area contributed by atoms with Crippen molar-refractivity contribution < 1.29 is 22.7 Å². The van der Waals surface area contributed by atoms with Gasteiger partial charge in [0.15, 0.2) is 0 Å². The maximum atomic E-state index is 13.6. The first kappa shape index (κ1) is 17.6. The van der Waals surface area contributed by atoms with Gasteiger partial charge in [0.2, 0.25) is 5.91 Å². The van der Waals surface area contributed by atoms with Gasteiger partial charge in [-0.25, -0.2) is 5.01 Å². The summed E-state index contributed by atoms with van der Waals surface area (Å²) in [7, 11) is 0. The average molecular weight is 330 g/mol. The zero-order chi connectivity index (χ0) is 17.3. The largest absolute Gasteiger partial charge is 0.494 e. The number of benzene rings is 1. The Morgan fingerprint density at radius 2 is 2.00 bits per heavy atom. The number of nitrogens with zero attached hydrogens (tertiary/aromatic N) is 1. The summed E-state index contributed by atoms with van der Waals surface area (Å²) in [5, 5.41) is 1.03. The Morgan fingerprint density at radius 3 is 2.52 bits per heavy atom. The summed E-state index contributed by atoms with van der Waals surface area (Å²) in [5.74, 6) is 0.0370. The van der Waals surface area contributed by atoms with Gasteiger partial charge in [0.1, 0.15) is 11.8 Å². The number of para-hydroxylation sites is 1. The minimum Gasteiger partial charge on any atom is -0.494 e. The summed E-state index contributed by atoms with van der Waals surface area (Å²) in [4.78, 5) is 11.6. The Balaban J connectivity index is 2.33. The van der Waals surface area contributed by atoms with Crippen molar-refractivity contribution in [1.29, 1.82) is 0 Å². The molecule has 1 N–H and O–H groups in total. The van der Waals surface area contributed by atoms with Crippen LogP contribution in [0.2, 0.25) is 0 Å². The first-order valence-electron chi connectivity index (χ1n) is 7.51. The molecule has 1 fully saturated rings. The number of hydrogen-bond acceptors (Lipinski definition) is 3. The van der Waals surface area contributed by atoms with Crippen LogP contribution in [-0.2, 0) is 11.2 Å². The van der Waals surface area contributed by atoms with Gasteiger partial charge in [-0.1, -0.05) is 18.2 Å². The van der Waals surface area contributed by atoms with Crippen molar-refractivity contribution in [3.63, 3.8) is 0 Å². The fraction of sp³-hybridized carbons (Fsp3) is 0.562. The Morgan fingerprint density at radius 1 is 1.35 bits per heavy atom. The van der Waals surface area contributed by atoms with Crippen LogP contribution in [0.15, 0.2) is 24.3 Å². The minimum atomic E-state index is -4.48. The third-order valence-corrected chi connectivity index (χ3v) is 3.87. The molecule has 128 valence electrons. The topological polar surface area (TPSA) is 41.6 Å². The van der Waals surface area contributed by atoms with E-state index in [1.165, 1.54) is 0 Å². The lowest BCUT2D eigenvalue weighted by atomic mass is 9.97. The van der Waals surface area contributed by atoms with Gasteiger partial charge in [0.05, 0.1) is 6.61 Å². The predicted octanol–water partition coefficient (Wildman–Crippen LogP) is 3.07. The summed E-state index contributed by atoms with van der Waals surface area (Å²) in [6, 6.07) is 4.86. The molecule has 1 atom stereocenters. The highest BCUT2D eigenvalue weighted by Gasteiger charge is 2.52. The standard InChI is InChI=1S/C16H21F3N2O2/c1-4-23-12-8-6-5-7-11(12)9-13(16(17,18)19)21-15(2,3)10-14(22)20-21/h5-8,13H,4,9-10H2,1-3H3,(H,20,22). The molecule has 1 amide bonds. The van der Waals surface area contributed by atoms with E-state index in [1.54, 1.807) is 45.0 Å². The molecule has 0 saturated carbocycles. The van der Waals surface area contributed by atoms with Crippen molar-refractivity contribution in [3.05, 3.63) is 29.8 Å². The molecule has 1 aromatic carbocycles. The van der Waals surface area contributed by atoms with E-state index in [1.807, 2.05) is 0 Å². The van der Waals surface area contributed by atoms with Gasteiger partial charge < -0.3 is 4.74 Å². The molecule has 1 aromatic rings. The number of amides is 1.